The van der Waals surface area contributed by atoms with E-state index in [-0.39, 0.29) is 24.8 Å². The Morgan fingerprint density at radius 3 is 2.57 bits per heavy atom. The van der Waals surface area contributed by atoms with Crippen LogP contribution in [0.4, 0.5) is 4.79 Å². The monoisotopic (exact) mass is 475 g/mol. The quantitative estimate of drug-likeness (QED) is 0.622. The fourth-order valence-electron chi connectivity index (χ4n) is 3.99. The Morgan fingerprint density at radius 2 is 1.93 bits per heavy atom. The summed E-state index contributed by atoms with van der Waals surface area (Å²) >= 11 is 3.43. The number of hydrogen-bond donors (Lipinski definition) is 1. The van der Waals surface area contributed by atoms with Crippen LogP contribution in [0.3, 0.4) is 0 Å². The normalized spacial score (nSPS) is 22.6. The SMILES string of the molecule is CCOC(=O)c1[nH]c([C@@H]2CC3C[C@H]3N2C(=O)OC(C)(C)C)nc1-c1ccc(Br)cc1. The molecule has 4 rings (SSSR count). The van der Waals surface area contributed by atoms with E-state index in [0.717, 1.165) is 22.9 Å². The number of halogens is 1. The Morgan fingerprint density at radius 1 is 1.23 bits per heavy atom. The van der Waals surface area contributed by atoms with E-state index in [4.69, 9.17) is 14.5 Å². The third-order valence-electron chi connectivity index (χ3n) is 5.34. The third-order valence-corrected chi connectivity index (χ3v) is 5.87. The van der Waals surface area contributed by atoms with E-state index in [1.54, 1.807) is 11.8 Å². The largest absolute Gasteiger partial charge is 0.461 e. The predicted octanol–water partition coefficient (Wildman–Crippen LogP) is 5.09. The highest BCUT2D eigenvalue weighted by Gasteiger charge is 2.56. The molecule has 1 aliphatic carbocycles. The van der Waals surface area contributed by atoms with E-state index in [1.807, 2.05) is 45.0 Å². The van der Waals surface area contributed by atoms with E-state index in [2.05, 4.69) is 20.9 Å². The highest BCUT2D eigenvalue weighted by atomic mass is 79.9. The molecule has 1 unspecified atom stereocenters. The van der Waals surface area contributed by atoms with Gasteiger partial charge >= 0.3 is 12.1 Å². The second-order valence-corrected chi connectivity index (χ2v) is 9.69. The molecule has 1 aromatic carbocycles. The number of ether oxygens (including phenoxy) is 2. The van der Waals surface area contributed by atoms with Gasteiger partial charge in [-0.25, -0.2) is 14.6 Å². The van der Waals surface area contributed by atoms with E-state index in [9.17, 15) is 9.59 Å². The van der Waals surface area contributed by atoms with Gasteiger partial charge in [0.1, 0.15) is 17.1 Å². The summed E-state index contributed by atoms with van der Waals surface area (Å²) in [5.41, 5.74) is 1.06. The predicted molar refractivity (Wildman–Crippen MR) is 115 cm³/mol. The molecule has 1 amide bonds. The number of likely N-dealkylation sites (tertiary alicyclic amines) is 1. The molecule has 3 atom stereocenters. The van der Waals surface area contributed by atoms with Crippen molar-refractivity contribution in [2.75, 3.05) is 6.61 Å². The molecule has 1 saturated heterocycles. The Labute approximate surface area is 184 Å². The minimum absolute atomic E-state index is 0.178. The Kier molecular flexibility index (Phi) is 5.38. The maximum atomic E-state index is 12.9. The topological polar surface area (TPSA) is 84.5 Å². The highest BCUT2D eigenvalue weighted by Crippen LogP contribution is 2.53. The number of aromatic amines is 1. The standard InChI is InChI=1S/C22H26BrN3O4/c1-5-29-20(27)18-17(12-6-8-14(23)9-7-12)24-19(25-18)16-11-13-10-15(13)26(16)21(28)30-22(2,3)4/h6-9,13,15-16H,5,10-11H2,1-4H3,(H,24,25)/t13?,15-,16+/m1/s1. The minimum atomic E-state index is -0.573. The first-order valence-electron chi connectivity index (χ1n) is 10.2. The second-order valence-electron chi connectivity index (χ2n) is 8.78. The van der Waals surface area contributed by atoms with Crippen LogP contribution in [0.25, 0.3) is 11.3 Å². The van der Waals surface area contributed by atoms with Gasteiger partial charge in [0.2, 0.25) is 0 Å². The lowest BCUT2D eigenvalue weighted by Gasteiger charge is -2.29. The van der Waals surface area contributed by atoms with Crippen LogP contribution in [0, 0.1) is 5.92 Å². The Balaban J connectivity index is 1.70. The summed E-state index contributed by atoms with van der Waals surface area (Å²) in [6.07, 6.45) is 1.46. The van der Waals surface area contributed by atoms with Gasteiger partial charge in [0.25, 0.3) is 0 Å². The van der Waals surface area contributed by atoms with Crippen LogP contribution in [0.5, 0.6) is 0 Å². The number of amides is 1. The van der Waals surface area contributed by atoms with Gasteiger partial charge in [0, 0.05) is 16.1 Å². The summed E-state index contributed by atoms with van der Waals surface area (Å²) in [4.78, 5) is 35.2. The van der Waals surface area contributed by atoms with Crippen molar-refractivity contribution in [3.05, 3.63) is 40.3 Å². The zero-order valence-electron chi connectivity index (χ0n) is 17.6. The van der Waals surface area contributed by atoms with E-state index in [1.165, 1.54) is 0 Å². The van der Waals surface area contributed by atoms with Crippen molar-refractivity contribution < 1.29 is 19.1 Å². The number of nitrogens with zero attached hydrogens (tertiary/aromatic N) is 2. The molecule has 1 saturated carbocycles. The van der Waals surface area contributed by atoms with Crippen molar-refractivity contribution in [3.63, 3.8) is 0 Å². The minimum Gasteiger partial charge on any atom is -0.461 e. The lowest BCUT2D eigenvalue weighted by atomic mass is 10.1. The van der Waals surface area contributed by atoms with Crippen LogP contribution in [0.1, 0.15) is 62.9 Å². The molecule has 1 N–H and O–H groups in total. The summed E-state index contributed by atoms with van der Waals surface area (Å²) in [7, 11) is 0. The Bertz CT molecular complexity index is 964. The molecule has 8 heteroatoms. The first-order chi connectivity index (χ1) is 14.2. The summed E-state index contributed by atoms with van der Waals surface area (Å²) in [6.45, 7) is 7.61. The number of piperidine rings is 1. The van der Waals surface area contributed by atoms with Gasteiger partial charge in [0.15, 0.2) is 5.69 Å². The van der Waals surface area contributed by atoms with Gasteiger partial charge in [-0.15, -0.1) is 0 Å². The number of hydrogen-bond acceptors (Lipinski definition) is 5. The van der Waals surface area contributed by atoms with Crippen LogP contribution in [-0.4, -0.2) is 45.2 Å². The number of esters is 1. The maximum absolute atomic E-state index is 12.9. The first-order valence-corrected chi connectivity index (χ1v) is 11.0. The molecular formula is C22H26BrN3O4. The summed E-state index contributed by atoms with van der Waals surface area (Å²) in [5, 5.41) is 0. The van der Waals surface area contributed by atoms with Gasteiger partial charge in [0.05, 0.1) is 12.6 Å². The lowest BCUT2D eigenvalue weighted by Crippen LogP contribution is -2.38. The second kappa shape index (κ2) is 7.72. The summed E-state index contributed by atoms with van der Waals surface area (Å²) in [6, 6.07) is 7.51. The molecule has 0 spiro atoms. The van der Waals surface area contributed by atoms with Crippen molar-refractivity contribution >= 4 is 28.0 Å². The van der Waals surface area contributed by atoms with Crippen molar-refractivity contribution in [2.24, 2.45) is 5.92 Å². The average Bonchev–Trinajstić information content (AvgIpc) is 3.12. The van der Waals surface area contributed by atoms with Crippen LogP contribution < -0.4 is 0 Å². The molecule has 30 heavy (non-hydrogen) atoms. The molecule has 2 heterocycles. The van der Waals surface area contributed by atoms with Crippen LogP contribution in [0.2, 0.25) is 0 Å². The van der Waals surface area contributed by atoms with Crippen molar-refractivity contribution in [1.29, 1.82) is 0 Å². The molecule has 0 bridgehead atoms. The fraction of sp³-hybridized carbons (Fsp3) is 0.500. The first kappa shape index (κ1) is 20.9. The molecule has 2 fully saturated rings. The van der Waals surface area contributed by atoms with Crippen molar-refractivity contribution in [3.8, 4) is 11.3 Å². The molecule has 1 aromatic heterocycles. The number of carbonyl (C=O) groups is 2. The summed E-state index contributed by atoms with van der Waals surface area (Å²) in [5.74, 6) is 0.588. The molecular weight excluding hydrogens is 450 g/mol. The zero-order chi connectivity index (χ0) is 21.6. The van der Waals surface area contributed by atoms with E-state index in [0.29, 0.717) is 23.1 Å². The number of nitrogens with one attached hydrogen (secondary N) is 1. The van der Waals surface area contributed by atoms with Gasteiger partial charge < -0.3 is 14.5 Å². The third kappa shape index (κ3) is 4.10. The smallest absolute Gasteiger partial charge is 0.411 e. The molecule has 0 radical (unpaired) electrons. The summed E-state index contributed by atoms with van der Waals surface area (Å²) < 4.78 is 11.8. The highest BCUT2D eigenvalue weighted by molar-refractivity contribution is 9.10. The van der Waals surface area contributed by atoms with Gasteiger partial charge in [-0.2, -0.15) is 0 Å². The number of fused-ring (bicyclic) bond motifs is 1. The van der Waals surface area contributed by atoms with Gasteiger partial charge in [-0.05, 0) is 58.6 Å². The molecule has 2 aromatic rings. The van der Waals surface area contributed by atoms with Crippen LogP contribution >= 0.6 is 15.9 Å². The number of aromatic nitrogens is 2. The van der Waals surface area contributed by atoms with Crippen molar-refractivity contribution in [2.45, 2.75) is 58.2 Å². The van der Waals surface area contributed by atoms with E-state index >= 15 is 0 Å². The van der Waals surface area contributed by atoms with Gasteiger partial charge in [-0.1, -0.05) is 28.1 Å². The number of H-pyrrole nitrogens is 1. The number of carbonyl (C=O) groups excluding carboxylic acids is 2. The molecule has 2 aliphatic rings. The van der Waals surface area contributed by atoms with Crippen LogP contribution in [-0.2, 0) is 9.47 Å². The van der Waals surface area contributed by atoms with E-state index < -0.39 is 11.6 Å². The maximum Gasteiger partial charge on any atom is 0.411 e. The molecule has 7 nitrogen and oxygen atoms in total. The van der Waals surface area contributed by atoms with Gasteiger partial charge in [-0.3, -0.25) is 4.90 Å². The number of benzene rings is 1. The zero-order valence-corrected chi connectivity index (χ0v) is 19.2. The Hall–Kier alpha value is -2.35. The molecule has 1 aliphatic heterocycles. The average molecular weight is 476 g/mol. The molecule has 160 valence electrons. The van der Waals surface area contributed by atoms with Crippen molar-refractivity contribution in [1.82, 2.24) is 14.9 Å². The number of imidazole rings is 1. The van der Waals surface area contributed by atoms with Crippen LogP contribution in [0.15, 0.2) is 28.7 Å². The fourth-order valence-corrected chi connectivity index (χ4v) is 4.26. The lowest BCUT2D eigenvalue weighted by molar-refractivity contribution is 0.0175. The number of rotatable bonds is 4.